The molecule has 9 saturated heterocycles. The van der Waals surface area contributed by atoms with E-state index < -0.39 is 35.4 Å². The molecule has 612 valence electrons. The third kappa shape index (κ3) is 19.9. The van der Waals surface area contributed by atoms with Gasteiger partial charge >= 0.3 is 35.4 Å². The maximum absolute atomic E-state index is 13.4. The van der Waals surface area contributed by atoms with Crippen LogP contribution in [-0.2, 0) is 48.0 Å². The molecule has 12 heterocycles. The zero-order valence-corrected chi connectivity index (χ0v) is 69.1. The van der Waals surface area contributed by atoms with Crippen molar-refractivity contribution in [2.24, 2.45) is 53.3 Å². The summed E-state index contributed by atoms with van der Waals surface area (Å²) in [4.78, 5) is 112. The number of anilines is 9. The second-order valence-corrected chi connectivity index (χ2v) is 34.9. The first kappa shape index (κ1) is 82.6. The van der Waals surface area contributed by atoms with Gasteiger partial charge in [-0.2, -0.15) is 0 Å². The fraction of sp³-hybridized carbons (Fsp3) is 0.567. The summed E-state index contributed by atoms with van der Waals surface area (Å²) in [6, 6.07) is 31.2. The minimum absolute atomic E-state index is 0.105. The van der Waals surface area contributed by atoms with Gasteiger partial charge < -0.3 is 77.3 Å². The molecule has 9 fully saturated rings. The number of rotatable bonds is 12. The molecule has 114 heavy (non-hydrogen) atoms. The highest BCUT2D eigenvalue weighted by Crippen LogP contribution is 2.42. The van der Waals surface area contributed by atoms with Crippen molar-refractivity contribution in [2.45, 2.75) is 156 Å². The second kappa shape index (κ2) is 37.5. The Balaban J connectivity index is 0.000000149. The fourth-order valence-corrected chi connectivity index (χ4v) is 19.8. The number of nitrogen functional groups attached to an aromatic ring is 3. The molecule has 3 aromatic carbocycles. The molecule has 9 aliphatic heterocycles. The quantitative estimate of drug-likeness (QED) is 0.0621. The van der Waals surface area contributed by atoms with E-state index in [4.69, 9.17) is 17.2 Å². The van der Waals surface area contributed by atoms with Crippen LogP contribution in [0.15, 0.2) is 110 Å². The summed E-state index contributed by atoms with van der Waals surface area (Å²) >= 11 is 0. The van der Waals surface area contributed by atoms with Crippen molar-refractivity contribution < 1.29 is 28.8 Å². The van der Waals surface area contributed by atoms with E-state index in [0.29, 0.717) is 91.2 Å². The van der Waals surface area contributed by atoms with E-state index in [0.717, 1.165) is 147 Å². The van der Waals surface area contributed by atoms with Gasteiger partial charge in [-0.3, -0.25) is 28.8 Å². The molecule has 24 nitrogen and oxygen atoms in total. The molecule has 6 aromatic rings. The topological polar surface area (TPSA) is 284 Å². The van der Waals surface area contributed by atoms with Crippen LogP contribution in [0, 0.1) is 53.3 Å². The Morgan fingerprint density at radius 1 is 0.342 bits per heavy atom. The SMILES string of the molecule is CCc1cc(NC(=O)C(=O)N2C[C@@H](C)CC[C@@H]2c2ccc(N3CC[C@@H]4CCN(C)C[C@@H]4C3)cc2)cnc1N.CCc1cc(NC(=O)C(=O)N2C[C@@H](C)CC[C@@H]2c2ccc(N3CC[C@H]4CCN(C)C[C@H]4C3)cc2)cnc1N.CCc1cc(NC(=O)C(=O)N2C[C@@H](C)CC[C@@H]2c2ccc(N3CC[C@H]4CCN(C)C[C@H]4C3)cc2)cnc1N. The monoisotopic (exact) mass is 1560 g/mol. The van der Waals surface area contributed by atoms with Gasteiger partial charge in [0.2, 0.25) is 0 Å². The number of amides is 6. The molecule has 15 rings (SSSR count). The summed E-state index contributed by atoms with van der Waals surface area (Å²) in [6.45, 7) is 27.9. The van der Waals surface area contributed by atoms with Gasteiger partial charge in [0.05, 0.1) is 53.8 Å². The number of nitrogens with two attached hydrogens (primary N) is 3. The maximum Gasteiger partial charge on any atom is 0.313 e. The molecule has 0 saturated carbocycles. The number of carbonyl (C=O) groups is 6. The minimum atomic E-state index is -0.630. The van der Waals surface area contributed by atoms with Crippen molar-refractivity contribution in [1.82, 2.24) is 44.4 Å². The van der Waals surface area contributed by atoms with Gasteiger partial charge in [-0.05, 0) is 278 Å². The molecule has 3 aromatic heterocycles. The number of pyridine rings is 3. The van der Waals surface area contributed by atoms with Gasteiger partial charge in [-0.15, -0.1) is 0 Å². The van der Waals surface area contributed by atoms with Gasteiger partial charge in [-0.1, -0.05) is 77.9 Å². The molecule has 24 heteroatoms. The Morgan fingerprint density at radius 3 is 0.851 bits per heavy atom. The van der Waals surface area contributed by atoms with Crippen molar-refractivity contribution in [2.75, 3.05) is 167 Å². The van der Waals surface area contributed by atoms with Crippen LogP contribution in [0.4, 0.5) is 51.6 Å². The molecule has 0 spiro atoms. The van der Waals surface area contributed by atoms with E-state index >= 15 is 0 Å². The number of benzene rings is 3. The van der Waals surface area contributed by atoms with Crippen LogP contribution in [0.3, 0.4) is 0 Å². The fourth-order valence-electron chi connectivity index (χ4n) is 19.8. The highest BCUT2D eigenvalue weighted by atomic mass is 16.2. The summed E-state index contributed by atoms with van der Waals surface area (Å²) in [5.41, 5.74) is 28.7. The van der Waals surface area contributed by atoms with Crippen molar-refractivity contribution in [3.63, 3.8) is 0 Å². The Hall–Kier alpha value is -9.39. The van der Waals surface area contributed by atoms with Crippen LogP contribution >= 0.6 is 0 Å². The molecule has 0 bridgehead atoms. The number of fused-ring (bicyclic) bond motifs is 3. The second-order valence-electron chi connectivity index (χ2n) is 34.9. The van der Waals surface area contributed by atoms with Gasteiger partial charge in [0, 0.05) is 95.6 Å². The van der Waals surface area contributed by atoms with Gasteiger partial charge in [-0.25, -0.2) is 15.0 Å². The summed E-state index contributed by atoms with van der Waals surface area (Å²) in [6.07, 6.45) is 20.0. The van der Waals surface area contributed by atoms with Crippen molar-refractivity contribution in [1.29, 1.82) is 0 Å². The largest absolute Gasteiger partial charge is 0.383 e. The smallest absolute Gasteiger partial charge is 0.313 e. The van der Waals surface area contributed by atoms with E-state index in [9.17, 15) is 28.8 Å². The lowest BCUT2D eigenvalue weighted by molar-refractivity contribution is -0.146. The zero-order chi connectivity index (χ0) is 80.4. The van der Waals surface area contributed by atoms with Crippen molar-refractivity contribution in [3.05, 3.63) is 143 Å². The number of nitrogens with zero attached hydrogens (tertiary/aromatic N) is 12. The van der Waals surface area contributed by atoms with E-state index in [1.807, 2.05) is 20.8 Å². The first-order valence-corrected chi connectivity index (χ1v) is 42.7. The highest BCUT2D eigenvalue weighted by molar-refractivity contribution is 6.40. The van der Waals surface area contributed by atoms with Crippen LogP contribution in [0.5, 0.6) is 0 Å². The molecular formula is C90H126N18O6. The summed E-state index contributed by atoms with van der Waals surface area (Å²) in [5, 5.41) is 8.24. The maximum atomic E-state index is 13.4. The molecule has 9 aliphatic rings. The summed E-state index contributed by atoms with van der Waals surface area (Å²) < 4.78 is 0. The first-order chi connectivity index (χ1) is 55.0. The predicted octanol–water partition coefficient (Wildman–Crippen LogP) is 11.8. The Labute approximate surface area is 676 Å². The molecule has 0 radical (unpaired) electrons. The van der Waals surface area contributed by atoms with Crippen molar-refractivity contribution in [3.8, 4) is 0 Å². The van der Waals surface area contributed by atoms with E-state index in [-0.39, 0.29) is 18.1 Å². The number of aryl methyl sites for hydroxylation is 3. The van der Waals surface area contributed by atoms with Gasteiger partial charge in [0.1, 0.15) is 17.5 Å². The Kier molecular flexibility index (Phi) is 27.2. The number of piperidine rings is 9. The third-order valence-electron chi connectivity index (χ3n) is 26.6. The molecular weight excluding hydrogens is 1430 g/mol. The number of carbonyl (C=O) groups excluding carboxylic acids is 6. The molecule has 12 atom stereocenters. The zero-order valence-electron chi connectivity index (χ0n) is 69.1. The number of hydrogen-bond acceptors (Lipinski definition) is 18. The van der Waals surface area contributed by atoms with E-state index in [1.165, 1.54) is 113 Å². The highest BCUT2D eigenvalue weighted by Gasteiger charge is 2.41. The predicted molar refractivity (Wildman–Crippen MR) is 456 cm³/mol. The normalized spacial score (nSPS) is 26.1. The average Bonchev–Trinajstić information content (AvgIpc) is 0.802. The number of likely N-dealkylation sites (tertiary alicyclic amines) is 6. The van der Waals surface area contributed by atoms with Gasteiger partial charge in [0.25, 0.3) is 0 Å². The lowest BCUT2D eigenvalue weighted by Crippen LogP contribution is -2.49. The summed E-state index contributed by atoms with van der Waals surface area (Å²) in [5.74, 6) is 3.77. The minimum Gasteiger partial charge on any atom is -0.383 e. The molecule has 0 aliphatic carbocycles. The number of nitrogens with one attached hydrogen (secondary N) is 3. The van der Waals surface area contributed by atoms with Crippen LogP contribution in [0.2, 0.25) is 0 Å². The third-order valence-corrected chi connectivity index (χ3v) is 26.6. The number of hydrogen-bond donors (Lipinski definition) is 6. The summed E-state index contributed by atoms with van der Waals surface area (Å²) in [7, 11) is 6.70. The van der Waals surface area contributed by atoms with E-state index in [2.05, 4.69) is 175 Å². The Bertz CT molecular complexity index is 3890. The standard InChI is InChI=1S/3C30H42N6O2/c3*1-4-21-15-25(16-32-28(21)31)33-29(37)30(38)36-17-20(2)5-10-27(36)23-6-8-26(9-7-23)35-14-12-22-11-13-34(3)18-24(22)19-35/h3*6-9,15-16,20,22,24,27H,4-5,10-14,17-19H2,1-3H3,(H2,31,32)(H,33,37)/t2*20-,22+,24-,27+;20-,22-,24+,27+/m000/s1. The van der Waals surface area contributed by atoms with Crippen LogP contribution in [0.1, 0.15) is 170 Å². The van der Waals surface area contributed by atoms with Crippen LogP contribution < -0.4 is 47.9 Å². The van der Waals surface area contributed by atoms with Crippen molar-refractivity contribution >= 4 is 87.0 Å². The van der Waals surface area contributed by atoms with Crippen LogP contribution in [-0.4, -0.2) is 199 Å². The van der Waals surface area contributed by atoms with Gasteiger partial charge in [0.15, 0.2) is 0 Å². The lowest BCUT2D eigenvalue weighted by atomic mass is 9.80. The molecule has 0 unspecified atom stereocenters. The number of aromatic nitrogens is 3. The Morgan fingerprint density at radius 2 is 0.596 bits per heavy atom. The average molecular weight is 1560 g/mol. The molecule has 9 N–H and O–H groups in total. The van der Waals surface area contributed by atoms with Crippen LogP contribution in [0.25, 0.3) is 0 Å². The molecule has 6 amide bonds. The first-order valence-electron chi connectivity index (χ1n) is 42.7. The lowest BCUT2D eigenvalue weighted by Gasteiger charge is -2.45. The van der Waals surface area contributed by atoms with E-state index in [1.54, 1.807) is 32.9 Å².